The number of carbonyl (C=O) groups excluding carboxylic acids is 1. The van der Waals surface area contributed by atoms with E-state index in [1.807, 2.05) is 54.6 Å². The van der Waals surface area contributed by atoms with Gasteiger partial charge in [-0.2, -0.15) is 0 Å². The minimum atomic E-state index is -0.567. The van der Waals surface area contributed by atoms with Crippen LogP contribution in [0.25, 0.3) is 21.9 Å². The summed E-state index contributed by atoms with van der Waals surface area (Å²) in [7, 11) is 2.17. The van der Waals surface area contributed by atoms with Crippen molar-refractivity contribution in [1.29, 1.82) is 0 Å². The molecule has 1 aliphatic rings. The van der Waals surface area contributed by atoms with Gasteiger partial charge in [0.2, 0.25) is 0 Å². The lowest BCUT2D eigenvalue weighted by atomic mass is 9.89. The number of benzene rings is 6. The summed E-state index contributed by atoms with van der Waals surface area (Å²) in [5, 5.41) is 15.2. The largest absolute Gasteiger partial charge is 0.392 e. The van der Waals surface area contributed by atoms with E-state index in [2.05, 4.69) is 122 Å². The monoisotopic (exact) mass is 690 g/mol. The third-order valence-electron chi connectivity index (χ3n) is 10.5. The Kier molecular flexibility index (Phi) is 10.9. The van der Waals surface area contributed by atoms with E-state index in [-0.39, 0.29) is 36.7 Å². The lowest BCUT2D eigenvalue weighted by Crippen LogP contribution is -2.44. The first-order valence-corrected chi connectivity index (χ1v) is 18.1. The molecule has 6 aromatic rings. The predicted octanol–water partition coefficient (Wildman–Crippen LogP) is 9.41. The smallest absolute Gasteiger partial charge is 0.251 e. The zero-order valence-electron chi connectivity index (χ0n) is 30.0. The van der Waals surface area contributed by atoms with Crippen LogP contribution in [0.1, 0.15) is 70.5 Å². The van der Waals surface area contributed by atoms with Crippen LogP contribution in [0.2, 0.25) is 0 Å². The van der Waals surface area contributed by atoms with Gasteiger partial charge < -0.3 is 19.9 Å². The SMILES string of the molecule is CC1C(CN(C)C(C)c2ccc3ccccc3c2)OC(c2ccc(-c3ccccc3CNC(=O)c3ccccc3)cc2)OC1c1ccc(CO)cc1. The molecule has 5 atom stereocenters. The number of carbonyl (C=O) groups is 1. The molecule has 1 fully saturated rings. The number of hydrogen-bond acceptors (Lipinski definition) is 5. The van der Waals surface area contributed by atoms with Crippen molar-refractivity contribution in [3.8, 4) is 11.1 Å². The molecule has 5 unspecified atom stereocenters. The fourth-order valence-electron chi connectivity index (χ4n) is 7.14. The zero-order chi connectivity index (χ0) is 36.0. The molecule has 0 spiro atoms. The summed E-state index contributed by atoms with van der Waals surface area (Å²) in [6.45, 7) is 5.60. The maximum Gasteiger partial charge on any atom is 0.251 e. The second kappa shape index (κ2) is 16.1. The Hall–Kier alpha value is -5.11. The minimum absolute atomic E-state index is 0.00203. The number of fused-ring (bicyclic) bond motifs is 1. The predicted molar refractivity (Wildman–Crippen MR) is 207 cm³/mol. The summed E-state index contributed by atoms with van der Waals surface area (Å²) >= 11 is 0. The van der Waals surface area contributed by atoms with Crippen molar-refractivity contribution < 1.29 is 19.4 Å². The highest BCUT2D eigenvalue weighted by Crippen LogP contribution is 2.42. The normalized spacial score (nSPS) is 19.4. The number of aliphatic hydroxyl groups is 1. The highest BCUT2D eigenvalue weighted by molar-refractivity contribution is 5.94. The van der Waals surface area contributed by atoms with Gasteiger partial charge in [0, 0.05) is 36.2 Å². The van der Waals surface area contributed by atoms with E-state index >= 15 is 0 Å². The molecule has 7 rings (SSSR count). The van der Waals surface area contributed by atoms with Gasteiger partial charge in [-0.1, -0.05) is 134 Å². The van der Waals surface area contributed by atoms with Crippen molar-refractivity contribution in [2.24, 2.45) is 5.92 Å². The van der Waals surface area contributed by atoms with Crippen molar-refractivity contribution >= 4 is 16.7 Å². The van der Waals surface area contributed by atoms with Crippen molar-refractivity contribution in [3.05, 3.63) is 179 Å². The molecule has 52 heavy (non-hydrogen) atoms. The third-order valence-corrected chi connectivity index (χ3v) is 10.5. The minimum Gasteiger partial charge on any atom is -0.392 e. The molecule has 1 aliphatic heterocycles. The van der Waals surface area contributed by atoms with E-state index in [0.29, 0.717) is 12.1 Å². The number of ether oxygens (including phenoxy) is 2. The van der Waals surface area contributed by atoms with Crippen LogP contribution in [0.15, 0.2) is 146 Å². The van der Waals surface area contributed by atoms with Crippen LogP contribution in [-0.4, -0.2) is 35.6 Å². The number of nitrogens with zero attached hydrogens (tertiary/aromatic N) is 1. The number of hydrogen-bond donors (Lipinski definition) is 2. The molecule has 0 bridgehead atoms. The van der Waals surface area contributed by atoms with Gasteiger partial charge in [-0.25, -0.2) is 0 Å². The lowest BCUT2D eigenvalue weighted by Gasteiger charge is -2.43. The van der Waals surface area contributed by atoms with Crippen LogP contribution in [0.4, 0.5) is 0 Å². The summed E-state index contributed by atoms with van der Waals surface area (Å²) in [6.07, 6.45) is -0.875. The maximum absolute atomic E-state index is 12.8. The number of likely N-dealkylation sites (N-methyl/N-ethyl adjacent to an activating group) is 1. The molecular weight excluding hydrogens is 645 g/mol. The Bertz CT molecular complexity index is 2100. The van der Waals surface area contributed by atoms with Gasteiger partial charge in [-0.15, -0.1) is 0 Å². The summed E-state index contributed by atoms with van der Waals surface area (Å²) in [5.41, 5.74) is 7.93. The number of nitrogens with one attached hydrogen (secondary N) is 1. The Balaban J connectivity index is 1.11. The molecule has 0 aliphatic carbocycles. The second-order valence-corrected chi connectivity index (χ2v) is 13.9. The Morgan fingerprint density at radius 3 is 2.19 bits per heavy atom. The molecular formula is C46H46N2O4. The molecule has 264 valence electrons. The van der Waals surface area contributed by atoms with Gasteiger partial charge in [-0.3, -0.25) is 9.69 Å². The molecule has 2 N–H and O–H groups in total. The van der Waals surface area contributed by atoms with E-state index in [0.717, 1.165) is 39.9 Å². The van der Waals surface area contributed by atoms with Crippen molar-refractivity contribution in [2.75, 3.05) is 13.6 Å². The molecule has 1 heterocycles. The van der Waals surface area contributed by atoms with Crippen LogP contribution in [0, 0.1) is 5.92 Å². The van der Waals surface area contributed by atoms with Gasteiger partial charge in [0.1, 0.15) is 0 Å². The van der Waals surface area contributed by atoms with E-state index in [1.165, 1.54) is 16.3 Å². The van der Waals surface area contributed by atoms with E-state index in [1.54, 1.807) is 0 Å². The zero-order valence-corrected chi connectivity index (χ0v) is 30.0. The summed E-state index contributed by atoms with van der Waals surface area (Å²) in [6, 6.07) is 49.2. The molecule has 1 saturated heterocycles. The van der Waals surface area contributed by atoms with E-state index in [4.69, 9.17) is 9.47 Å². The van der Waals surface area contributed by atoms with E-state index in [9.17, 15) is 9.90 Å². The number of amides is 1. The molecule has 1 amide bonds. The average Bonchev–Trinajstić information content (AvgIpc) is 3.20. The third kappa shape index (κ3) is 7.86. The maximum atomic E-state index is 12.8. The number of rotatable bonds is 11. The average molecular weight is 691 g/mol. The van der Waals surface area contributed by atoms with Gasteiger partial charge in [0.05, 0.1) is 18.8 Å². The van der Waals surface area contributed by atoms with Crippen LogP contribution in [-0.2, 0) is 22.6 Å². The molecule has 6 heteroatoms. The summed E-state index contributed by atoms with van der Waals surface area (Å²) < 4.78 is 13.6. The highest BCUT2D eigenvalue weighted by atomic mass is 16.7. The summed E-state index contributed by atoms with van der Waals surface area (Å²) in [4.78, 5) is 15.1. The fourth-order valence-corrected chi connectivity index (χ4v) is 7.14. The number of aliphatic hydroxyl groups excluding tert-OH is 1. The van der Waals surface area contributed by atoms with Gasteiger partial charge >= 0.3 is 0 Å². The van der Waals surface area contributed by atoms with E-state index < -0.39 is 6.29 Å². The van der Waals surface area contributed by atoms with Gasteiger partial charge in [0.25, 0.3) is 5.91 Å². The second-order valence-electron chi connectivity index (χ2n) is 13.9. The Morgan fingerprint density at radius 1 is 0.769 bits per heavy atom. The molecule has 0 saturated carbocycles. The fraction of sp³-hybridized carbons (Fsp3) is 0.239. The molecule has 6 nitrogen and oxygen atoms in total. The van der Waals surface area contributed by atoms with Gasteiger partial charge in [0.15, 0.2) is 6.29 Å². The highest BCUT2D eigenvalue weighted by Gasteiger charge is 2.39. The van der Waals surface area contributed by atoms with Crippen molar-refractivity contribution in [2.45, 2.75) is 51.5 Å². The van der Waals surface area contributed by atoms with Crippen molar-refractivity contribution in [3.63, 3.8) is 0 Å². The molecule has 0 aromatic heterocycles. The van der Waals surface area contributed by atoms with Crippen LogP contribution in [0.5, 0.6) is 0 Å². The lowest BCUT2D eigenvalue weighted by molar-refractivity contribution is -0.276. The first-order chi connectivity index (χ1) is 25.4. The first kappa shape index (κ1) is 35.3. The quantitative estimate of drug-likeness (QED) is 0.142. The topological polar surface area (TPSA) is 71.0 Å². The Labute approximate surface area is 306 Å². The molecule has 0 radical (unpaired) electrons. The van der Waals surface area contributed by atoms with Gasteiger partial charge in [-0.05, 0) is 76.3 Å². The standard InChI is InChI=1S/C46H46N2O4/c1-31-43(29-48(3)32(2)39-26-21-34-11-7-8-14-40(34)27-39)51-46(52-44(31)36-19-17-33(30-49)18-20-36)38-24-22-35(23-25-38)42-16-10-9-15-41(42)28-47-45(50)37-12-5-4-6-13-37/h4-27,31-32,43-44,46,49H,28-30H2,1-3H3,(H,47,50). The van der Waals surface area contributed by atoms with Crippen LogP contribution in [0.3, 0.4) is 0 Å². The van der Waals surface area contributed by atoms with Crippen LogP contribution < -0.4 is 5.32 Å². The molecule has 6 aromatic carbocycles. The summed E-state index contributed by atoms with van der Waals surface area (Å²) in [5.74, 6) is -0.0290. The first-order valence-electron chi connectivity index (χ1n) is 18.1. The Morgan fingerprint density at radius 2 is 1.44 bits per heavy atom. The van der Waals surface area contributed by atoms with Crippen LogP contribution >= 0.6 is 0 Å². The van der Waals surface area contributed by atoms with Crippen molar-refractivity contribution in [1.82, 2.24) is 10.2 Å².